The van der Waals surface area contributed by atoms with Crippen LogP contribution in [0.3, 0.4) is 0 Å². The predicted molar refractivity (Wildman–Crippen MR) is 73.5 cm³/mol. The second-order valence-electron chi connectivity index (χ2n) is 4.36. The van der Waals surface area contributed by atoms with Gasteiger partial charge >= 0.3 is 0 Å². The van der Waals surface area contributed by atoms with Crippen molar-refractivity contribution in [2.45, 2.75) is 13.3 Å². The molecule has 2 rings (SSSR count). The topological polar surface area (TPSA) is 18.5 Å². The third kappa shape index (κ3) is 2.83. The van der Waals surface area contributed by atoms with Gasteiger partial charge in [0.1, 0.15) is 0 Å². The van der Waals surface area contributed by atoms with E-state index in [0.717, 1.165) is 17.9 Å². The Morgan fingerprint density at radius 3 is 2.22 bits per heavy atom. The molecule has 0 saturated heterocycles. The molecule has 2 aromatic carbocycles. The predicted octanol–water partition coefficient (Wildman–Crippen LogP) is 3.60. The van der Waals surface area contributed by atoms with Gasteiger partial charge in [0.2, 0.25) is 0 Å². The number of rotatable bonds is 4. The van der Waals surface area contributed by atoms with Crippen molar-refractivity contribution in [3.63, 3.8) is 0 Å². The van der Waals surface area contributed by atoms with Gasteiger partial charge in [0.25, 0.3) is 0 Å². The number of methoxy groups -OCH3 is 2. The van der Waals surface area contributed by atoms with Crippen LogP contribution in [0.25, 0.3) is 0 Å². The first kappa shape index (κ1) is 12.5. The minimum absolute atomic E-state index is 0.769. The van der Waals surface area contributed by atoms with Crippen molar-refractivity contribution in [2.24, 2.45) is 0 Å². The van der Waals surface area contributed by atoms with Crippen LogP contribution in [0.15, 0.2) is 42.5 Å². The maximum absolute atomic E-state index is 5.31. The molecule has 94 valence electrons. The average Bonchev–Trinajstić information content (AvgIpc) is 2.38. The summed E-state index contributed by atoms with van der Waals surface area (Å²) in [5.41, 5.74) is 3.81. The van der Waals surface area contributed by atoms with E-state index in [9.17, 15) is 0 Å². The van der Waals surface area contributed by atoms with Gasteiger partial charge in [-0.15, -0.1) is 0 Å². The molecular formula is C16H18O2. The molecule has 0 aromatic heterocycles. The molecule has 0 atom stereocenters. The molecule has 0 spiro atoms. The molecule has 2 nitrogen and oxygen atoms in total. The molecule has 0 amide bonds. The van der Waals surface area contributed by atoms with E-state index in [1.165, 1.54) is 16.7 Å². The van der Waals surface area contributed by atoms with E-state index >= 15 is 0 Å². The third-order valence-corrected chi connectivity index (χ3v) is 2.94. The van der Waals surface area contributed by atoms with Crippen molar-refractivity contribution < 1.29 is 9.47 Å². The maximum atomic E-state index is 5.31. The lowest BCUT2D eigenvalue weighted by molar-refractivity contribution is 0.354. The van der Waals surface area contributed by atoms with Gasteiger partial charge in [-0.1, -0.05) is 35.9 Å². The van der Waals surface area contributed by atoms with Gasteiger partial charge in [0, 0.05) is 0 Å². The van der Waals surface area contributed by atoms with E-state index in [2.05, 4.69) is 37.3 Å². The van der Waals surface area contributed by atoms with Gasteiger partial charge in [-0.3, -0.25) is 0 Å². The summed E-state index contributed by atoms with van der Waals surface area (Å²) in [4.78, 5) is 0. The summed E-state index contributed by atoms with van der Waals surface area (Å²) < 4.78 is 10.5. The van der Waals surface area contributed by atoms with Crippen LogP contribution in [-0.4, -0.2) is 14.2 Å². The first-order valence-corrected chi connectivity index (χ1v) is 5.99. The van der Waals surface area contributed by atoms with Gasteiger partial charge in [-0.05, 0) is 36.6 Å². The second-order valence-corrected chi connectivity index (χ2v) is 4.36. The number of hydrogen-bond donors (Lipinski definition) is 0. The maximum Gasteiger partial charge on any atom is 0.160 e. The van der Waals surface area contributed by atoms with Crippen LogP contribution in [-0.2, 0) is 6.42 Å². The molecule has 0 saturated carbocycles. The molecular weight excluding hydrogens is 224 g/mol. The van der Waals surface area contributed by atoms with E-state index in [1.807, 2.05) is 12.1 Å². The van der Waals surface area contributed by atoms with Crippen LogP contribution >= 0.6 is 0 Å². The highest BCUT2D eigenvalue weighted by Gasteiger charge is 2.05. The van der Waals surface area contributed by atoms with Crippen LogP contribution in [0, 0.1) is 6.92 Å². The number of ether oxygens (including phenoxy) is 2. The molecule has 18 heavy (non-hydrogen) atoms. The third-order valence-electron chi connectivity index (χ3n) is 2.94. The van der Waals surface area contributed by atoms with Crippen molar-refractivity contribution in [3.8, 4) is 11.5 Å². The molecule has 0 unspecified atom stereocenters. The zero-order chi connectivity index (χ0) is 13.0. The summed E-state index contributed by atoms with van der Waals surface area (Å²) in [5.74, 6) is 1.55. The fourth-order valence-electron chi connectivity index (χ4n) is 2.05. The number of aryl methyl sites for hydroxylation is 1. The summed E-state index contributed by atoms with van der Waals surface area (Å²) in [6.45, 7) is 2.11. The normalized spacial score (nSPS) is 10.2. The van der Waals surface area contributed by atoms with Crippen LogP contribution < -0.4 is 9.47 Å². The second kappa shape index (κ2) is 5.58. The Hall–Kier alpha value is -1.96. The lowest BCUT2D eigenvalue weighted by atomic mass is 10.0. The van der Waals surface area contributed by atoms with Gasteiger partial charge in [0.05, 0.1) is 14.2 Å². The van der Waals surface area contributed by atoms with Gasteiger partial charge in [-0.25, -0.2) is 0 Å². The summed E-state index contributed by atoms with van der Waals surface area (Å²) in [7, 11) is 3.31. The molecule has 0 radical (unpaired) electrons. The molecule has 0 N–H and O–H groups in total. The SMILES string of the molecule is COc1ccc(Cc2cccc(C)c2)cc1OC. The van der Waals surface area contributed by atoms with Gasteiger partial charge in [0.15, 0.2) is 11.5 Å². The lowest BCUT2D eigenvalue weighted by Crippen LogP contribution is -1.94. The summed E-state index contributed by atoms with van der Waals surface area (Å²) >= 11 is 0. The number of hydrogen-bond acceptors (Lipinski definition) is 2. The lowest BCUT2D eigenvalue weighted by Gasteiger charge is -2.10. The van der Waals surface area contributed by atoms with Crippen LogP contribution in [0.5, 0.6) is 11.5 Å². The van der Waals surface area contributed by atoms with Crippen molar-refractivity contribution in [3.05, 3.63) is 59.2 Å². The quantitative estimate of drug-likeness (QED) is 0.815. The van der Waals surface area contributed by atoms with Crippen molar-refractivity contribution in [2.75, 3.05) is 14.2 Å². The Bertz CT molecular complexity index is 532. The molecule has 0 heterocycles. The molecule has 2 aromatic rings. The Morgan fingerprint density at radius 1 is 0.833 bits per heavy atom. The van der Waals surface area contributed by atoms with E-state index < -0.39 is 0 Å². The van der Waals surface area contributed by atoms with E-state index in [-0.39, 0.29) is 0 Å². The van der Waals surface area contributed by atoms with E-state index in [0.29, 0.717) is 0 Å². The van der Waals surface area contributed by atoms with Crippen LogP contribution in [0.4, 0.5) is 0 Å². The van der Waals surface area contributed by atoms with Gasteiger partial charge < -0.3 is 9.47 Å². The van der Waals surface area contributed by atoms with Crippen LogP contribution in [0.1, 0.15) is 16.7 Å². The molecule has 0 fully saturated rings. The minimum atomic E-state index is 0.769. The van der Waals surface area contributed by atoms with E-state index in [4.69, 9.17) is 9.47 Å². The Balaban J connectivity index is 2.24. The zero-order valence-corrected chi connectivity index (χ0v) is 11.1. The fraction of sp³-hybridized carbons (Fsp3) is 0.250. The highest BCUT2D eigenvalue weighted by atomic mass is 16.5. The molecule has 0 aliphatic carbocycles. The Labute approximate surface area is 108 Å². The van der Waals surface area contributed by atoms with Crippen LogP contribution in [0.2, 0.25) is 0 Å². The fourth-order valence-corrected chi connectivity index (χ4v) is 2.05. The minimum Gasteiger partial charge on any atom is -0.493 e. The van der Waals surface area contributed by atoms with E-state index in [1.54, 1.807) is 14.2 Å². The summed E-state index contributed by atoms with van der Waals surface area (Å²) in [6.07, 6.45) is 0.905. The Morgan fingerprint density at radius 2 is 1.56 bits per heavy atom. The highest BCUT2D eigenvalue weighted by molar-refractivity contribution is 5.44. The summed E-state index contributed by atoms with van der Waals surface area (Å²) in [6, 6.07) is 14.6. The zero-order valence-electron chi connectivity index (χ0n) is 11.1. The molecule has 2 heteroatoms. The monoisotopic (exact) mass is 242 g/mol. The van der Waals surface area contributed by atoms with Crippen molar-refractivity contribution in [1.29, 1.82) is 0 Å². The standard InChI is InChI=1S/C16H18O2/c1-12-5-4-6-13(9-12)10-14-7-8-15(17-2)16(11-14)18-3/h4-9,11H,10H2,1-3H3. The Kier molecular flexibility index (Phi) is 3.88. The highest BCUT2D eigenvalue weighted by Crippen LogP contribution is 2.28. The molecule has 0 aliphatic heterocycles. The molecule has 0 aliphatic rings. The van der Waals surface area contributed by atoms with Crippen molar-refractivity contribution in [1.82, 2.24) is 0 Å². The number of benzene rings is 2. The summed E-state index contributed by atoms with van der Waals surface area (Å²) in [5, 5.41) is 0. The first-order chi connectivity index (χ1) is 8.72. The largest absolute Gasteiger partial charge is 0.493 e. The van der Waals surface area contributed by atoms with Gasteiger partial charge in [-0.2, -0.15) is 0 Å². The average molecular weight is 242 g/mol. The smallest absolute Gasteiger partial charge is 0.160 e. The van der Waals surface area contributed by atoms with Crippen molar-refractivity contribution >= 4 is 0 Å². The first-order valence-electron chi connectivity index (χ1n) is 5.99. The molecule has 0 bridgehead atoms.